The molecule has 2 aromatic heterocycles. The summed E-state index contributed by atoms with van der Waals surface area (Å²) in [6.07, 6.45) is 9.33. The first-order valence-electron chi connectivity index (χ1n) is 5.66. The molecule has 18 heavy (non-hydrogen) atoms. The number of hydrogen-bond donors (Lipinski definition) is 0. The second-order valence-electron chi connectivity index (χ2n) is 4.17. The summed E-state index contributed by atoms with van der Waals surface area (Å²) in [6.45, 7) is 0. The smallest absolute Gasteiger partial charge is 0.0687 e. The summed E-state index contributed by atoms with van der Waals surface area (Å²) in [6, 6.07) is 6.46. The van der Waals surface area contributed by atoms with E-state index < -0.39 is 0 Å². The van der Waals surface area contributed by atoms with Gasteiger partial charge in [0.2, 0.25) is 0 Å². The van der Waals surface area contributed by atoms with E-state index in [1.165, 1.54) is 31.3 Å². The van der Waals surface area contributed by atoms with Gasteiger partial charge >= 0.3 is 0 Å². The van der Waals surface area contributed by atoms with Crippen LogP contribution in [0.1, 0.15) is 10.4 Å². The molecule has 3 aromatic rings. The highest BCUT2D eigenvalue weighted by Crippen LogP contribution is 2.34. The lowest BCUT2D eigenvalue weighted by molar-refractivity contribution is 1.37. The lowest BCUT2D eigenvalue weighted by Crippen LogP contribution is -1.81. The summed E-state index contributed by atoms with van der Waals surface area (Å²) in [4.78, 5) is 9.61. The molecule has 0 unspecified atom stereocenters. The fraction of sp³-hybridized carbons (Fsp3) is 0. The monoisotopic (exact) mass is 248 g/mol. The number of fused-ring (bicyclic) bond motifs is 4. The third-order valence-electron chi connectivity index (χ3n) is 3.08. The molecule has 3 heteroatoms. The van der Waals surface area contributed by atoms with E-state index in [2.05, 4.69) is 27.8 Å². The number of hydrogen-bond acceptors (Lipinski definition) is 3. The average Bonchev–Trinajstić information content (AvgIpc) is 2.59. The highest BCUT2D eigenvalue weighted by Gasteiger charge is 2.10. The SMILES string of the molecule is C1=CN=Cc2c(sc3cc4ccncc4cc23)C=1. The van der Waals surface area contributed by atoms with Gasteiger partial charge in [0.1, 0.15) is 0 Å². The van der Waals surface area contributed by atoms with E-state index in [0.717, 1.165) is 0 Å². The van der Waals surface area contributed by atoms with Gasteiger partial charge in [-0.25, -0.2) is 0 Å². The van der Waals surface area contributed by atoms with E-state index in [9.17, 15) is 0 Å². The highest BCUT2D eigenvalue weighted by molar-refractivity contribution is 7.20. The fourth-order valence-electron chi connectivity index (χ4n) is 2.22. The number of benzene rings is 1. The van der Waals surface area contributed by atoms with Crippen molar-refractivity contribution >= 4 is 44.5 Å². The van der Waals surface area contributed by atoms with Crippen molar-refractivity contribution in [1.29, 1.82) is 0 Å². The molecule has 0 radical (unpaired) electrons. The zero-order valence-corrected chi connectivity index (χ0v) is 10.2. The Balaban J connectivity index is 2.17. The van der Waals surface area contributed by atoms with Gasteiger partial charge in [-0.1, -0.05) is 5.73 Å². The van der Waals surface area contributed by atoms with Crippen LogP contribution < -0.4 is 0 Å². The molecule has 0 saturated carbocycles. The summed E-state index contributed by atoms with van der Waals surface area (Å²) in [7, 11) is 0. The van der Waals surface area contributed by atoms with Crippen LogP contribution in [0.4, 0.5) is 0 Å². The van der Waals surface area contributed by atoms with Gasteiger partial charge in [-0.05, 0) is 29.7 Å². The summed E-state index contributed by atoms with van der Waals surface area (Å²) < 4.78 is 1.28. The van der Waals surface area contributed by atoms with E-state index in [-0.39, 0.29) is 0 Å². The van der Waals surface area contributed by atoms with E-state index in [1.807, 2.05) is 30.8 Å². The summed E-state index contributed by atoms with van der Waals surface area (Å²) in [5.41, 5.74) is 4.24. The number of pyridine rings is 1. The molecule has 3 heterocycles. The molecule has 84 valence electrons. The van der Waals surface area contributed by atoms with Crippen molar-refractivity contribution in [1.82, 2.24) is 4.98 Å². The van der Waals surface area contributed by atoms with Crippen molar-refractivity contribution in [2.45, 2.75) is 0 Å². The third kappa shape index (κ3) is 1.35. The Morgan fingerprint density at radius 3 is 3.17 bits per heavy atom. The maximum absolute atomic E-state index is 4.21. The second-order valence-corrected chi connectivity index (χ2v) is 5.25. The van der Waals surface area contributed by atoms with Crippen LogP contribution in [0.5, 0.6) is 0 Å². The van der Waals surface area contributed by atoms with Gasteiger partial charge in [-0.2, -0.15) is 0 Å². The van der Waals surface area contributed by atoms with Gasteiger partial charge in [0.15, 0.2) is 0 Å². The van der Waals surface area contributed by atoms with E-state index in [0.29, 0.717) is 0 Å². The van der Waals surface area contributed by atoms with Crippen molar-refractivity contribution < 1.29 is 0 Å². The fourth-order valence-corrected chi connectivity index (χ4v) is 3.33. The standard InChI is InChI=1S/C15H8N2S/c1-2-14-13(9-16-4-1)12-6-11-8-17-5-3-10(11)7-15(12)18-14/h2-9H. The predicted molar refractivity (Wildman–Crippen MR) is 77.3 cm³/mol. The summed E-state index contributed by atoms with van der Waals surface area (Å²) >= 11 is 1.78. The van der Waals surface area contributed by atoms with Crippen LogP contribution in [-0.2, 0) is 0 Å². The molecule has 0 aliphatic carbocycles. The molecule has 4 rings (SSSR count). The Morgan fingerprint density at radius 1 is 1.17 bits per heavy atom. The Hall–Kier alpha value is -2.22. The summed E-state index contributed by atoms with van der Waals surface area (Å²) in [5.74, 6) is 0. The summed E-state index contributed by atoms with van der Waals surface area (Å²) in [5, 5.41) is 3.64. The van der Waals surface area contributed by atoms with Crippen molar-refractivity contribution in [3.63, 3.8) is 0 Å². The molecule has 0 bridgehead atoms. The third-order valence-corrected chi connectivity index (χ3v) is 4.20. The van der Waals surface area contributed by atoms with Crippen molar-refractivity contribution in [3.8, 4) is 0 Å². The number of nitrogens with zero attached hydrogens (tertiary/aromatic N) is 2. The van der Waals surface area contributed by atoms with Gasteiger partial charge in [0, 0.05) is 44.5 Å². The lowest BCUT2D eigenvalue weighted by atomic mass is 10.1. The minimum Gasteiger partial charge on any atom is -0.264 e. The van der Waals surface area contributed by atoms with Crippen molar-refractivity contribution in [2.24, 2.45) is 4.99 Å². The Bertz CT molecular complexity index is 865. The lowest BCUT2D eigenvalue weighted by Gasteiger charge is -1.98. The maximum atomic E-state index is 4.21. The molecular weight excluding hydrogens is 240 g/mol. The topological polar surface area (TPSA) is 25.2 Å². The van der Waals surface area contributed by atoms with Gasteiger partial charge in [0.25, 0.3) is 0 Å². The molecule has 0 spiro atoms. The quantitative estimate of drug-likeness (QED) is 0.552. The minimum atomic E-state index is 1.17. The first-order chi connectivity index (χ1) is 8.92. The van der Waals surface area contributed by atoms with Crippen molar-refractivity contribution in [3.05, 3.63) is 53.0 Å². The largest absolute Gasteiger partial charge is 0.264 e. The zero-order chi connectivity index (χ0) is 11.9. The van der Waals surface area contributed by atoms with Crippen LogP contribution in [-0.4, -0.2) is 11.2 Å². The minimum absolute atomic E-state index is 1.17. The van der Waals surface area contributed by atoms with Crippen LogP contribution >= 0.6 is 11.3 Å². The normalized spacial score (nSPS) is 13.1. The van der Waals surface area contributed by atoms with Crippen LogP contribution in [0.2, 0.25) is 0 Å². The molecule has 1 aromatic carbocycles. The number of aromatic nitrogens is 1. The first-order valence-corrected chi connectivity index (χ1v) is 6.48. The molecule has 0 saturated heterocycles. The molecule has 0 atom stereocenters. The van der Waals surface area contributed by atoms with Gasteiger partial charge in [-0.3, -0.25) is 9.98 Å². The zero-order valence-electron chi connectivity index (χ0n) is 9.42. The Labute approximate surface area is 108 Å². The van der Waals surface area contributed by atoms with E-state index >= 15 is 0 Å². The van der Waals surface area contributed by atoms with Crippen LogP contribution in [0, 0.1) is 0 Å². The van der Waals surface area contributed by atoms with Crippen LogP contribution in [0.3, 0.4) is 0 Å². The average molecular weight is 248 g/mol. The molecule has 0 amide bonds. The molecule has 0 fully saturated rings. The molecule has 1 aliphatic rings. The van der Waals surface area contributed by atoms with Gasteiger partial charge in [-0.15, -0.1) is 11.3 Å². The molecule has 1 aliphatic heterocycles. The predicted octanol–water partition coefficient (Wildman–Crippen LogP) is 4.01. The Kier molecular flexibility index (Phi) is 1.97. The van der Waals surface area contributed by atoms with Crippen LogP contribution in [0.25, 0.3) is 26.9 Å². The van der Waals surface area contributed by atoms with Crippen molar-refractivity contribution in [2.75, 3.05) is 0 Å². The van der Waals surface area contributed by atoms with E-state index in [1.54, 1.807) is 17.5 Å². The highest BCUT2D eigenvalue weighted by atomic mass is 32.1. The molecule has 0 N–H and O–H groups in total. The van der Waals surface area contributed by atoms with Gasteiger partial charge in [0.05, 0.1) is 6.20 Å². The maximum Gasteiger partial charge on any atom is 0.0687 e. The number of thiophene rings is 1. The second kappa shape index (κ2) is 3.64. The first kappa shape index (κ1) is 9.77. The van der Waals surface area contributed by atoms with Crippen LogP contribution in [0.15, 0.2) is 47.5 Å². The molecular formula is C15H8N2S. The number of rotatable bonds is 0. The molecule has 2 nitrogen and oxygen atoms in total. The van der Waals surface area contributed by atoms with Gasteiger partial charge < -0.3 is 0 Å². The number of aliphatic imine (C=N–C) groups is 1. The van der Waals surface area contributed by atoms with E-state index in [4.69, 9.17) is 0 Å². The Morgan fingerprint density at radius 2 is 2.17 bits per heavy atom.